The molecule has 0 aliphatic carbocycles. The van der Waals surface area contributed by atoms with Gasteiger partial charge in [0.05, 0.1) is 6.10 Å². The van der Waals surface area contributed by atoms with Crippen LogP contribution in [0, 0.1) is 0 Å². The first kappa shape index (κ1) is 12.4. The maximum Gasteiger partial charge on any atom is 0.336 e. The number of aliphatic hydroxyl groups excluding tert-OH is 1. The number of aliphatic hydroxyl groups is 1. The van der Waals surface area contributed by atoms with Crippen molar-refractivity contribution in [2.24, 2.45) is 0 Å². The number of hydrogen-bond acceptors (Lipinski definition) is 4. The van der Waals surface area contributed by atoms with Crippen LogP contribution in [0.5, 0.6) is 5.75 Å². The average molecular weight is 246 g/mol. The Balaban J connectivity index is 2.60. The lowest BCUT2D eigenvalue weighted by Crippen LogP contribution is -2.12. The third-order valence-electron chi connectivity index (χ3n) is 2.83. The highest BCUT2D eigenvalue weighted by molar-refractivity contribution is 5.82. The van der Waals surface area contributed by atoms with Crippen molar-refractivity contribution in [1.29, 1.82) is 0 Å². The number of rotatable bonds is 3. The largest absolute Gasteiger partial charge is 0.508 e. The van der Waals surface area contributed by atoms with Gasteiger partial charge in [-0.25, -0.2) is 4.79 Å². The van der Waals surface area contributed by atoms with Crippen LogP contribution in [0.3, 0.4) is 0 Å². The number of benzene rings is 1. The molecule has 2 aromatic rings. The van der Waals surface area contributed by atoms with E-state index in [1.54, 1.807) is 19.1 Å². The molecule has 0 unspecified atom stereocenters. The molecular weight excluding hydrogens is 232 g/mol. The van der Waals surface area contributed by atoms with E-state index in [1.807, 2.05) is 0 Å². The van der Waals surface area contributed by atoms with E-state index in [-0.39, 0.29) is 12.2 Å². The van der Waals surface area contributed by atoms with E-state index in [0.29, 0.717) is 22.1 Å². The summed E-state index contributed by atoms with van der Waals surface area (Å²) in [6.07, 6.45) is -0.627. The Hall–Kier alpha value is -2.07. The molecule has 0 amide bonds. The molecule has 1 atom stereocenters. The summed E-state index contributed by atoms with van der Waals surface area (Å²) in [5, 5.41) is 20.3. The fourth-order valence-corrected chi connectivity index (χ4v) is 1.74. The second kappa shape index (κ2) is 4.66. The van der Waals surface area contributed by atoms with Gasteiger partial charge in [0.15, 0.2) is 0 Å². The Kier molecular flexibility index (Phi) is 3.21. The van der Waals surface area contributed by atoms with Gasteiger partial charge >= 0.3 is 5.63 Å². The summed E-state index contributed by atoms with van der Waals surface area (Å²) < 4.78 is 5.10. The van der Waals surface area contributed by atoms with Crippen LogP contribution in [0.25, 0.3) is 11.0 Å². The molecule has 1 aromatic heterocycles. The van der Waals surface area contributed by atoms with E-state index in [9.17, 15) is 15.0 Å². The summed E-state index contributed by atoms with van der Waals surface area (Å²) in [4.78, 5) is 11.2. The Morgan fingerprint density at radius 2 is 2.06 bits per heavy atom. The molecule has 1 aromatic carbocycles. The first-order chi connectivity index (χ1) is 8.49. The minimum atomic E-state index is -0.785. The summed E-state index contributed by atoms with van der Waals surface area (Å²) in [6, 6.07) is 6.11. The van der Waals surface area contributed by atoms with Gasteiger partial charge in [-0.3, -0.25) is 0 Å². The van der Waals surface area contributed by atoms with Crippen molar-refractivity contribution in [2.45, 2.75) is 19.4 Å². The second-order valence-corrected chi connectivity index (χ2v) is 4.30. The minimum Gasteiger partial charge on any atom is -0.508 e. The van der Waals surface area contributed by atoms with Crippen molar-refractivity contribution in [2.75, 3.05) is 0 Å². The van der Waals surface area contributed by atoms with Crippen molar-refractivity contribution in [1.82, 2.24) is 0 Å². The zero-order valence-electron chi connectivity index (χ0n) is 10.0. The van der Waals surface area contributed by atoms with Crippen molar-refractivity contribution in [3.05, 3.63) is 52.4 Å². The summed E-state index contributed by atoms with van der Waals surface area (Å²) in [7, 11) is 0. The number of aromatic hydroxyl groups is 1. The highest BCUT2D eigenvalue weighted by Gasteiger charge is 2.15. The van der Waals surface area contributed by atoms with Crippen molar-refractivity contribution >= 4 is 11.0 Å². The van der Waals surface area contributed by atoms with E-state index in [4.69, 9.17) is 4.42 Å². The van der Waals surface area contributed by atoms with Crippen LogP contribution in [0.15, 0.2) is 45.6 Å². The second-order valence-electron chi connectivity index (χ2n) is 4.30. The molecule has 0 saturated heterocycles. The maximum atomic E-state index is 11.2. The molecule has 2 N–H and O–H groups in total. The molecule has 18 heavy (non-hydrogen) atoms. The molecule has 0 fully saturated rings. The van der Waals surface area contributed by atoms with Gasteiger partial charge in [-0.05, 0) is 25.1 Å². The Morgan fingerprint density at radius 1 is 1.39 bits per heavy atom. The quantitative estimate of drug-likeness (QED) is 0.641. The SMILES string of the molecule is C=C(C)[C@H](O)Cc1c(O)ccc2ccc(=O)oc12. The molecule has 0 bridgehead atoms. The first-order valence-electron chi connectivity index (χ1n) is 5.57. The van der Waals surface area contributed by atoms with Crippen LogP contribution in [0.2, 0.25) is 0 Å². The van der Waals surface area contributed by atoms with Crippen LogP contribution in [0.4, 0.5) is 0 Å². The van der Waals surface area contributed by atoms with Crippen LogP contribution < -0.4 is 5.63 Å². The van der Waals surface area contributed by atoms with Gasteiger partial charge in [-0.2, -0.15) is 0 Å². The molecule has 2 rings (SSSR count). The van der Waals surface area contributed by atoms with Gasteiger partial charge in [0.1, 0.15) is 11.3 Å². The summed E-state index contributed by atoms with van der Waals surface area (Å²) >= 11 is 0. The molecule has 4 nitrogen and oxygen atoms in total. The molecule has 94 valence electrons. The molecule has 0 spiro atoms. The molecule has 0 saturated carbocycles. The summed E-state index contributed by atoms with van der Waals surface area (Å²) in [5.41, 5.74) is 0.826. The molecular formula is C14H14O4. The van der Waals surface area contributed by atoms with E-state index in [0.717, 1.165) is 0 Å². The van der Waals surface area contributed by atoms with Crippen molar-refractivity contribution in [3.63, 3.8) is 0 Å². The predicted molar refractivity (Wildman–Crippen MR) is 68.7 cm³/mol. The smallest absolute Gasteiger partial charge is 0.336 e. The lowest BCUT2D eigenvalue weighted by molar-refractivity contribution is 0.210. The lowest BCUT2D eigenvalue weighted by atomic mass is 10.0. The highest BCUT2D eigenvalue weighted by atomic mass is 16.4. The van der Waals surface area contributed by atoms with E-state index < -0.39 is 11.7 Å². The minimum absolute atomic E-state index is 0.00264. The number of phenols is 1. The maximum absolute atomic E-state index is 11.2. The van der Waals surface area contributed by atoms with Gasteiger partial charge in [-0.1, -0.05) is 12.2 Å². The fourth-order valence-electron chi connectivity index (χ4n) is 1.74. The molecule has 0 aliphatic heterocycles. The first-order valence-corrected chi connectivity index (χ1v) is 5.57. The molecule has 4 heteroatoms. The van der Waals surface area contributed by atoms with Gasteiger partial charge in [0, 0.05) is 23.4 Å². The van der Waals surface area contributed by atoms with Crippen molar-refractivity contribution in [3.8, 4) is 5.75 Å². The topological polar surface area (TPSA) is 70.7 Å². The number of fused-ring (bicyclic) bond motifs is 1. The standard InChI is InChI=1S/C14H14O4/c1-8(2)12(16)7-10-11(15)5-3-9-4-6-13(17)18-14(9)10/h3-6,12,15-16H,1,7H2,2H3/t12-/m1/s1. The molecule has 0 radical (unpaired) electrons. The normalized spacial score (nSPS) is 12.6. The third kappa shape index (κ3) is 2.28. The van der Waals surface area contributed by atoms with E-state index in [1.165, 1.54) is 12.1 Å². The zero-order valence-corrected chi connectivity index (χ0v) is 10.0. The Bertz CT molecular complexity index is 654. The number of phenolic OH excluding ortho intramolecular Hbond substituents is 1. The van der Waals surface area contributed by atoms with E-state index in [2.05, 4.69) is 6.58 Å². The zero-order chi connectivity index (χ0) is 13.3. The Labute approximate surface area is 104 Å². The van der Waals surface area contributed by atoms with Gasteiger partial charge < -0.3 is 14.6 Å². The molecule has 0 aliphatic rings. The monoisotopic (exact) mass is 246 g/mol. The Morgan fingerprint density at radius 3 is 2.72 bits per heavy atom. The average Bonchev–Trinajstić information content (AvgIpc) is 2.32. The molecule has 1 heterocycles. The van der Waals surface area contributed by atoms with Gasteiger partial charge in [0.2, 0.25) is 0 Å². The van der Waals surface area contributed by atoms with Gasteiger partial charge in [-0.15, -0.1) is 0 Å². The fraction of sp³-hybridized carbons (Fsp3) is 0.214. The lowest BCUT2D eigenvalue weighted by Gasteiger charge is -2.12. The summed E-state index contributed by atoms with van der Waals surface area (Å²) in [6.45, 7) is 5.35. The van der Waals surface area contributed by atoms with Crippen LogP contribution >= 0.6 is 0 Å². The summed E-state index contributed by atoms with van der Waals surface area (Å²) in [5.74, 6) is -0.00264. The van der Waals surface area contributed by atoms with Crippen LogP contribution in [-0.2, 0) is 6.42 Å². The van der Waals surface area contributed by atoms with Crippen molar-refractivity contribution < 1.29 is 14.6 Å². The third-order valence-corrected chi connectivity index (χ3v) is 2.83. The van der Waals surface area contributed by atoms with Crippen LogP contribution in [0.1, 0.15) is 12.5 Å². The number of hydrogen-bond donors (Lipinski definition) is 2. The van der Waals surface area contributed by atoms with E-state index >= 15 is 0 Å². The highest BCUT2D eigenvalue weighted by Crippen LogP contribution is 2.28. The van der Waals surface area contributed by atoms with Crippen LogP contribution in [-0.4, -0.2) is 16.3 Å². The predicted octanol–water partition coefficient (Wildman–Crippen LogP) is 1.98. The van der Waals surface area contributed by atoms with Gasteiger partial charge in [0.25, 0.3) is 0 Å².